The number of rotatable bonds is 3. The molecule has 0 saturated heterocycles. The van der Waals surface area contributed by atoms with Crippen LogP contribution in [0.1, 0.15) is 36.0 Å². The largest absolute Gasteiger partial charge is 0.391 e. The highest BCUT2D eigenvalue weighted by molar-refractivity contribution is 6.32. The Labute approximate surface area is 120 Å². The van der Waals surface area contributed by atoms with Gasteiger partial charge in [0.2, 0.25) is 0 Å². The van der Waals surface area contributed by atoms with E-state index >= 15 is 0 Å². The number of amides is 1. The van der Waals surface area contributed by atoms with Crippen molar-refractivity contribution in [3.05, 3.63) is 38.9 Å². The van der Waals surface area contributed by atoms with Crippen LogP contribution < -0.4 is 5.32 Å². The second kappa shape index (κ2) is 6.19. The second-order valence-corrected chi connectivity index (χ2v) is 5.26. The Morgan fingerprint density at radius 2 is 2.10 bits per heavy atom. The molecular weight excluding hydrogens is 284 g/mol. The monoisotopic (exact) mass is 298 g/mol. The minimum atomic E-state index is -0.630. The first-order chi connectivity index (χ1) is 9.49. The smallest absolute Gasteiger partial charge is 0.288 e. The quantitative estimate of drug-likeness (QED) is 0.661. The van der Waals surface area contributed by atoms with Crippen LogP contribution in [-0.2, 0) is 0 Å². The zero-order chi connectivity index (χ0) is 14.7. The highest BCUT2D eigenvalue weighted by Gasteiger charge is 2.25. The predicted molar refractivity (Wildman–Crippen MR) is 73.8 cm³/mol. The fourth-order valence-corrected chi connectivity index (χ4v) is 2.51. The van der Waals surface area contributed by atoms with Gasteiger partial charge in [0.15, 0.2) is 0 Å². The highest BCUT2D eigenvalue weighted by atomic mass is 35.5. The molecule has 2 atom stereocenters. The number of nitrogens with one attached hydrogen (secondary N) is 1. The van der Waals surface area contributed by atoms with E-state index in [9.17, 15) is 20.0 Å². The third-order valence-electron chi connectivity index (χ3n) is 3.45. The van der Waals surface area contributed by atoms with E-state index in [2.05, 4.69) is 5.32 Å². The first kappa shape index (κ1) is 14.7. The molecule has 0 unspecified atom stereocenters. The van der Waals surface area contributed by atoms with Crippen molar-refractivity contribution < 1.29 is 14.8 Å². The van der Waals surface area contributed by atoms with E-state index in [-0.39, 0.29) is 22.3 Å². The Morgan fingerprint density at radius 1 is 1.40 bits per heavy atom. The van der Waals surface area contributed by atoms with E-state index in [1.54, 1.807) is 0 Å². The van der Waals surface area contributed by atoms with Crippen LogP contribution in [0.4, 0.5) is 5.69 Å². The number of carbonyl (C=O) groups excluding carboxylic acids is 1. The van der Waals surface area contributed by atoms with Gasteiger partial charge in [-0.3, -0.25) is 14.9 Å². The van der Waals surface area contributed by atoms with Crippen molar-refractivity contribution in [1.29, 1.82) is 0 Å². The SMILES string of the molecule is O=C(N[C@@H]1CCCC[C@H]1O)c1ccc(Cl)c([N+](=O)[O-])c1. The number of nitrogens with zero attached hydrogens (tertiary/aromatic N) is 1. The molecule has 1 amide bonds. The molecule has 1 aliphatic carbocycles. The molecule has 1 aromatic carbocycles. The summed E-state index contributed by atoms with van der Waals surface area (Å²) < 4.78 is 0. The lowest BCUT2D eigenvalue weighted by atomic mass is 9.92. The zero-order valence-corrected chi connectivity index (χ0v) is 11.5. The Balaban J connectivity index is 2.13. The molecule has 2 rings (SSSR count). The number of benzene rings is 1. The van der Waals surface area contributed by atoms with Gasteiger partial charge in [-0.2, -0.15) is 0 Å². The predicted octanol–water partition coefficient (Wildman–Crippen LogP) is 2.28. The van der Waals surface area contributed by atoms with Gasteiger partial charge in [0.1, 0.15) is 5.02 Å². The molecule has 7 heteroatoms. The van der Waals surface area contributed by atoms with Gasteiger partial charge in [-0.25, -0.2) is 0 Å². The molecule has 0 aliphatic heterocycles. The fourth-order valence-electron chi connectivity index (χ4n) is 2.33. The van der Waals surface area contributed by atoms with Crippen LogP contribution in [-0.4, -0.2) is 28.1 Å². The number of hydrogen-bond acceptors (Lipinski definition) is 4. The lowest BCUT2D eigenvalue weighted by Gasteiger charge is -2.28. The van der Waals surface area contributed by atoms with E-state index in [4.69, 9.17) is 11.6 Å². The number of carbonyl (C=O) groups is 1. The molecule has 0 bridgehead atoms. The number of nitro benzene ring substituents is 1. The van der Waals surface area contributed by atoms with Crippen molar-refractivity contribution >= 4 is 23.2 Å². The molecular formula is C13H15ClN2O4. The standard InChI is InChI=1S/C13H15ClN2O4/c14-9-6-5-8(7-11(9)16(19)20)13(18)15-10-3-1-2-4-12(10)17/h5-7,10,12,17H,1-4H2,(H,15,18)/t10-,12-/m1/s1. The molecule has 20 heavy (non-hydrogen) atoms. The molecule has 1 fully saturated rings. The van der Waals surface area contributed by atoms with E-state index in [1.165, 1.54) is 12.1 Å². The zero-order valence-electron chi connectivity index (χ0n) is 10.7. The number of aliphatic hydroxyl groups excluding tert-OH is 1. The summed E-state index contributed by atoms with van der Waals surface area (Å²) in [6.07, 6.45) is 2.70. The molecule has 2 N–H and O–H groups in total. The summed E-state index contributed by atoms with van der Waals surface area (Å²) in [5, 5.41) is 23.3. The van der Waals surface area contributed by atoms with E-state index in [1.807, 2.05) is 0 Å². The summed E-state index contributed by atoms with van der Waals surface area (Å²) >= 11 is 5.70. The maximum absolute atomic E-state index is 12.1. The van der Waals surface area contributed by atoms with Crippen LogP contribution >= 0.6 is 11.6 Å². The number of halogens is 1. The average molecular weight is 299 g/mol. The second-order valence-electron chi connectivity index (χ2n) is 4.86. The Kier molecular flexibility index (Phi) is 4.57. The first-order valence-corrected chi connectivity index (χ1v) is 6.79. The van der Waals surface area contributed by atoms with Gasteiger partial charge in [-0.05, 0) is 25.0 Å². The Bertz CT molecular complexity index is 535. The van der Waals surface area contributed by atoms with E-state index in [0.717, 1.165) is 18.9 Å². The van der Waals surface area contributed by atoms with Gasteiger partial charge in [-0.15, -0.1) is 0 Å². The average Bonchev–Trinajstić information content (AvgIpc) is 2.41. The van der Waals surface area contributed by atoms with Crippen molar-refractivity contribution in [1.82, 2.24) is 5.32 Å². The van der Waals surface area contributed by atoms with Gasteiger partial charge < -0.3 is 10.4 Å². The highest BCUT2D eigenvalue weighted by Crippen LogP contribution is 2.25. The number of hydrogen-bond donors (Lipinski definition) is 2. The van der Waals surface area contributed by atoms with E-state index in [0.29, 0.717) is 12.8 Å². The maximum Gasteiger partial charge on any atom is 0.288 e. The molecule has 1 aliphatic rings. The third-order valence-corrected chi connectivity index (χ3v) is 3.77. The van der Waals surface area contributed by atoms with Crippen molar-refractivity contribution in [2.75, 3.05) is 0 Å². The molecule has 108 valence electrons. The van der Waals surface area contributed by atoms with Crippen LogP contribution in [0.5, 0.6) is 0 Å². The fraction of sp³-hybridized carbons (Fsp3) is 0.462. The summed E-state index contributed by atoms with van der Waals surface area (Å²) in [7, 11) is 0. The van der Waals surface area contributed by atoms with Crippen LogP contribution in [0.25, 0.3) is 0 Å². The maximum atomic E-state index is 12.1. The van der Waals surface area contributed by atoms with Gasteiger partial charge in [0.25, 0.3) is 11.6 Å². The molecule has 0 radical (unpaired) electrons. The summed E-state index contributed by atoms with van der Waals surface area (Å²) in [4.78, 5) is 22.2. The molecule has 1 aromatic rings. The number of nitro groups is 1. The normalized spacial score (nSPS) is 22.3. The number of aliphatic hydroxyl groups is 1. The molecule has 0 heterocycles. The topological polar surface area (TPSA) is 92.5 Å². The van der Waals surface area contributed by atoms with Gasteiger partial charge in [0.05, 0.1) is 17.1 Å². The van der Waals surface area contributed by atoms with Crippen molar-refractivity contribution in [3.8, 4) is 0 Å². The minimum Gasteiger partial charge on any atom is -0.391 e. The van der Waals surface area contributed by atoms with Crippen LogP contribution in [0.15, 0.2) is 18.2 Å². The van der Waals surface area contributed by atoms with Gasteiger partial charge in [0, 0.05) is 11.6 Å². The van der Waals surface area contributed by atoms with Gasteiger partial charge in [-0.1, -0.05) is 24.4 Å². The van der Waals surface area contributed by atoms with Crippen LogP contribution in [0.3, 0.4) is 0 Å². The summed E-state index contributed by atoms with van der Waals surface area (Å²) in [5.74, 6) is -0.435. The van der Waals surface area contributed by atoms with Crippen LogP contribution in [0, 0.1) is 10.1 Å². The van der Waals surface area contributed by atoms with Gasteiger partial charge >= 0.3 is 0 Å². The lowest BCUT2D eigenvalue weighted by molar-refractivity contribution is -0.384. The van der Waals surface area contributed by atoms with Crippen molar-refractivity contribution in [3.63, 3.8) is 0 Å². The van der Waals surface area contributed by atoms with Crippen molar-refractivity contribution in [2.45, 2.75) is 37.8 Å². The van der Waals surface area contributed by atoms with E-state index < -0.39 is 16.9 Å². The lowest BCUT2D eigenvalue weighted by Crippen LogP contribution is -2.45. The van der Waals surface area contributed by atoms with Crippen molar-refractivity contribution in [2.24, 2.45) is 0 Å². The summed E-state index contributed by atoms with van der Waals surface area (Å²) in [6, 6.07) is 3.60. The summed E-state index contributed by atoms with van der Waals surface area (Å²) in [5.41, 5.74) is -0.137. The Hall–Kier alpha value is -1.66. The minimum absolute atomic E-state index is 0.00995. The first-order valence-electron chi connectivity index (χ1n) is 6.42. The third kappa shape index (κ3) is 3.26. The molecule has 6 nitrogen and oxygen atoms in total. The summed E-state index contributed by atoms with van der Waals surface area (Å²) in [6.45, 7) is 0. The molecule has 0 spiro atoms. The Morgan fingerprint density at radius 3 is 2.75 bits per heavy atom. The van der Waals surface area contributed by atoms with Crippen LogP contribution in [0.2, 0.25) is 5.02 Å². The molecule has 1 saturated carbocycles. The molecule has 0 aromatic heterocycles.